The lowest BCUT2D eigenvalue weighted by Gasteiger charge is -2.02. The first-order chi connectivity index (χ1) is 8.92. The maximum atomic E-state index is 12.1. The maximum absolute atomic E-state index is 12.1. The van der Waals surface area contributed by atoms with E-state index >= 15 is 0 Å². The smallest absolute Gasteiger partial charge is 0.154 e. The van der Waals surface area contributed by atoms with Crippen molar-refractivity contribution >= 4 is 27.0 Å². The van der Waals surface area contributed by atoms with Gasteiger partial charge in [0.1, 0.15) is 0 Å². The van der Waals surface area contributed by atoms with Crippen LogP contribution in [0.5, 0.6) is 0 Å². The fourth-order valence-electron chi connectivity index (χ4n) is 2.63. The number of thiocarbonyl (C=S) groups is 1. The standard InChI is InChI=1S/C14H19NO2S2/c1-3-9-5-7-10(8-6-9)11-12(14(15)18)13(11)19(16,17)4-2/h5-8,11-13H,3-4H2,1-2H3,(H2,15,18)/t11-,12+,13+/m1/s1. The van der Waals surface area contributed by atoms with Gasteiger partial charge in [-0.2, -0.15) is 0 Å². The maximum Gasteiger partial charge on any atom is 0.154 e. The molecular weight excluding hydrogens is 278 g/mol. The number of rotatable bonds is 5. The molecule has 19 heavy (non-hydrogen) atoms. The molecule has 1 aliphatic carbocycles. The van der Waals surface area contributed by atoms with E-state index in [4.69, 9.17) is 18.0 Å². The Morgan fingerprint density at radius 3 is 2.26 bits per heavy atom. The lowest BCUT2D eigenvalue weighted by Crippen LogP contribution is -2.18. The summed E-state index contributed by atoms with van der Waals surface area (Å²) >= 11 is 5.01. The van der Waals surface area contributed by atoms with Crippen LogP contribution in [0.15, 0.2) is 24.3 Å². The van der Waals surface area contributed by atoms with Crippen molar-refractivity contribution in [2.24, 2.45) is 11.7 Å². The van der Waals surface area contributed by atoms with Crippen molar-refractivity contribution < 1.29 is 8.42 Å². The van der Waals surface area contributed by atoms with Crippen molar-refractivity contribution in [1.29, 1.82) is 0 Å². The summed E-state index contributed by atoms with van der Waals surface area (Å²) in [6.45, 7) is 3.76. The van der Waals surface area contributed by atoms with E-state index in [-0.39, 0.29) is 17.6 Å². The van der Waals surface area contributed by atoms with Crippen LogP contribution in [0, 0.1) is 5.92 Å². The molecule has 3 nitrogen and oxygen atoms in total. The Kier molecular flexibility index (Phi) is 3.97. The van der Waals surface area contributed by atoms with Crippen LogP contribution in [0.4, 0.5) is 0 Å². The molecule has 2 N–H and O–H groups in total. The highest BCUT2D eigenvalue weighted by molar-refractivity contribution is 7.92. The SMILES string of the molecule is CCc1ccc([C@@H]2[C@H](C(N)=S)[C@H]2S(=O)(=O)CC)cc1. The minimum atomic E-state index is -3.10. The Morgan fingerprint density at radius 1 is 1.26 bits per heavy atom. The third-order valence-corrected chi connectivity index (χ3v) is 6.37. The van der Waals surface area contributed by atoms with Crippen molar-refractivity contribution in [2.75, 3.05) is 5.75 Å². The van der Waals surface area contributed by atoms with Crippen LogP contribution >= 0.6 is 12.2 Å². The van der Waals surface area contributed by atoms with Gasteiger partial charge in [0.05, 0.1) is 10.2 Å². The predicted molar refractivity (Wildman–Crippen MR) is 82.1 cm³/mol. The number of benzene rings is 1. The highest BCUT2D eigenvalue weighted by Crippen LogP contribution is 2.52. The van der Waals surface area contributed by atoms with Gasteiger partial charge in [-0.3, -0.25) is 0 Å². The van der Waals surface area contributed by atoms with Gasteiger partial charge in [-0.05, 0) is 17.5 Å². The summed E-state index contributed by atoms with van der Waals surface area (Å²) in [5, 5.41) is -0.428. The molecule has 3 atom stereocenters. The third kappa shape index (κ3) is 2.67. The van der Waals surface area contributed by atoms with Gasteiger partial charge < -0.3 is 5.73 Å². The molecule has 0 bridgehead atoms. The van der Waals surface area contributed by atoms with E-state index in [0.29, 0.717) is 4.99 Å². The fraction of sp³-hybridized carbons (Fsp3) is 0.500. The number of hydrogen-bond donors (Lipinski definition) is 1. The molecule has 1 fully saturated rings. The zero-order valence-electron chi connectivity index (χ0n) is 11.2. The van der Waals surface area contributed by atoms with Crippen LogP contribution in [0.2, 0.25) is 0 Å². The van der Waals surface area contributed by atoms with E-state index in [9.17, 15) is 8.42 Å². The van der Waals surface area contributed by atoms with E-state index in [1.165, 1.54) is 5.56 Å². The average Bonchev–Trinajstić information content (AvgIpc) is 3.15. The second-order valence-corrected chi connectivity index (χ2v) is 7.88. The predicted octanol–water partition coefficient (Wildman–Crippen LogP) is 2.05. The summed E-state index contributed by atoms with van der Waals surface area (Å²) in [5.41, 5.74) is 7.96. The molecule has 5 heteroatoms. The van der Waals surface area contributed by atoms with Gasteiger partial charge in [0.15, 0.2) is 9.84 Å². The number of aryl methyl sites for hydroxylation is 1. The Labute approximate surface area is 120 Å². The third-order valence-electron chi connectivity index (χ3n) is 3.87. The Hall–Kier alpha value is -0.940. The first kappa shape index (κ1) is 14.5. The van der Waals surface area contributed by atoms with Gasteiger partial charge in [-0.15, -0.1) is 0 Å². The summed E-state index contributed by atoms with van der Waals surface area (Å²) in [7, 11) is -3.10. The molecule has 0 radical (unpaired) electrons. The Bertz CT molecular complexity index is 578. The van der Waals surface area contributed by atoms with Crippen molar-refractivity contribution in [1.82, 2.24) is 0 Å². The molecule has 1 saturated carbocycles. The van der Waals surface area contributed by atoms with Crippen LogP contribution in [-0.4, -0.2) is 24.4 Å². The summed E-state index contributed by atoms with van der Waals surface area (Å²) in [6.07, 6.45) is 0.973. The van der Waals surface area contributed by atoms with Gasteiger partial charge >= 0.3 is 0 Å². The van der Waals surface area contributed by atoms with Gasteiger partial charge in [-0.25, -0.2) is 8.42 Å². The van der Waals surface area contributed by atoms with E-state index in [1.807, 2.05) is 24.3 Å². The zero-order valence-corrected chi connectivity index (χ0v) is 12.8. The molecule has 0 amide bonds. The molecular formula is C14H19NO2S2. The molecule has 0 saturated heterocycles. The zero-order chi connectivity index (χ0) is 14.2. The Morgan fingerprint density at radius 2 is 1.84 bits per heavy atom. The monoisotopic (exact) mass is 297 g/mol. The highest BCUT2D eigenvalue weighted by atomic mass is 32.2. The fourth-order valence-corrected chi connectivity index (χ4v) is 4.84. The van der Waals surface area contributed by atoms with Crippen LogP contribution in [0.1, 0.15) is 30.9 Å². The van der Waals surface area contributed by atoms with Crippen LogP contribution < -0.4 is 5.73 Å². The van der Waals surface area contributed by atoms with Gasteiger partial charge in [0, 0.05) is 17.6 Å². The number of hydrogen-bond acceptors (Lipinski definition) is 3. The van der Waals surface area contributed by atoms with Crippen molar-refractivity contribution in [3.63, 3.8) is 0 Å². The van der Waals surface area contributed by atoms with E-state index in [0.717, 1.165) is 12.0 Å². The minimum Gasteiger partial charge on any atom is -0.393 e. The molecule has 1 aromatic carbocycles. The van der Waals surface area contributed by atoms with Gasteiger partial charge in [0.25, 0.3) is 0 Å². The topological polar surface area (TPSA) is 60.2 Å². The lowest BCUT2D eigenvalue weighted by molar-refractivity contribution is 0.594. The largest absolute Gasteiger partial charge is 0.393 e. The van der Waals surface area contributed by atoms with Crippen LogP contribution in [0.25, 0.3) is 0 Å². The second-order valence-electron chi connectivity index (χ2n) is 4.97. The van der Waals surface area contributed by atoms with Crippen LogP contribution in [0.3, 0.4) is 0 Å². The first-order valence-corrected chi connectivity index (χ1v) is 8.64. The number of sulfone groups is 1. The quantitative estimate of drug-likeness (QED) is 0.845. The van der Waals surface area contributed by atoms with Gasteiger partial charge in [-0.1, -0.05) is 50.3 Å². The molecule has 2 rings (SSSR count). The second kappa shape index (κ2) is 5.21. The van der Waals surface area contributed by atoms with Crippen molar-refractivity contribution in [3.8, 4) is 0 Å². The number of nitrogens with two attached hydrogens (primary N) is 1. The van der Waals surface area contributed by atoms with Gasteiger partial charge in [0.2, 0.25) is 0 Å². The van der Waals surface area contributed by atoms with E-state index < -0.39 is 15.1 Å². The molecule has 0 spiro atoms. The molecule has 0 aliphatic heterocycles. The first-order valence-electron chi connectivity index (χ1n) is 6.52. The molecule has 0 unspecified atom stereocenters. The molecule has 1 aromatic rings. The summed E-state index contributed by atoms with van der Waals surface area (Å²) < 4.78 is 24.1. The molecule has 0 heterocycles. The minimum absolute atomic E-state index is 0.0617. The lowest BCUT2D eigenvalue weighted by atomic mass is 10.1. The molecule has 104 valence electrons. The summed E-state index contributed by atoms with van der Waals surface area (Å²) in [6, 6.07) is 8.08. The Balaban J connectivity index is 2.30. The summed E-state index contributed by atoms with van der Waals surface area (Å²) in [4.78, 5) is 0.312. The normalized spacial score (nSPS) is 26.1. The molecule has 0 aromatic heterocycles. The highest BCUT2D eigenvalue weighted by Gasteiger charge is 2.59. The van der Waals surface area contributed by atoms with E-state index in [2.05, 4.69) is 6.92 Å². The molecule has 1 aliphatic rings. The van der Waals surface area contributed by atoms with Crippen LogP contribution in [-0.2, 0) is 16.3 Å². The summed E-state index contributed by atoms with van der Waals surface area (Å²) in [5.74, 6) is -0.124. The van der Waals surface area contributed by atoms with Crippen molar-refractivity contribution in [3.05, 3.63) is 35.4 Å². The van der Waals surface area contributed by atoms with E-state index in [1.54, 1.807) is 6.92 Å². The average molecular weight is 297 g/mol. The van der Waals surface area contributed by atoms with Crippen molar-refractivity contribution in [2.45, 2.75) is 31.4 Å².